The molecule has 0 aromatic rings. The molecule has 3 aliphatic heterocycles. The van der Waals surface area contributed by atoms with Crippen LogP contribution in [0.25, 0.3) is 0 Å². The van der Waals surface area contributed by atoms with Crippen molar-refractivity contribution in [3.63, 3.8) is 0 Å². The molecule has 0 aliphatic carbocycles. The molecule has 20 nitrogen and oxygen atoms in total. The molecule has 0 radical (unpaired) electrons. The summed E-state index contributed by atoms with van der Waals surface area (Å²) >= 11 is 0. The van der Waals surface area contributed by atoms with Gasteiger partial charge in [-0.3, -0.25) is 9.11 Å². The Bertz CT molecular complexity index is 1120. The van der Waals surface area contributed by atoms with E-state index in [2.05, 4.69) is 4.18 Å². The Morgan fingerprint density at radius 1 is 0.614 bits per heavy atom. The molecule has 0 amide bonds. The zero-order chi connectivity index (χ0) is 33.1. The van der Waals surface area contributed by atoms with Gasteiger partial charge in [-0.25, -0.2) is 8.37 Å². The van der Waals surface area contributed by atoms with Gasteiger partial charge in [0.1, 0.15) is 42.7 Å². The van der Waals surface area contributed by atoms with Gasteiger partial charge < -0.3 is 59.1 Å². The molecule has 15 atom stereocenters. The number of hydrogen-bond donors (Lipinski definition) is 8. The van der Waals surface area contributed by atoms with Crippen LogP contribution in [-0.2, 0) is 57.6 Å². The third-order valence-corrected chi connectivity index (χ3v) is 8.43. The monoisotopic (exact) mass is 688 g/mol. The van der Waals surface area contributed by atoms with Crippen molar-refractivity contribution < 1.29 is 93.4 Å². The maximum Gasteiger partial charge on any atom is 0.397 e. The van der Waals surface area contributed by atoms with E-state index in [4.69, 9.17) is 37.2 Å². The Labute approximate surface area is 253 Å². The highest BCUT2D eigenvalue weighted by Crippen LogP contribution is 2.34. The number of ether oxygens (including phenoxy) is 6. The van der Waals surface area contributed by atoms with Gasteiger partial charge in [0.05, 0.1) is 38.1 Å². The van der Waals surface area contributed by atoms with Gasteiger partial charge in [-0.15, -0.1) is 0 Å². The molecule has 22 heteroatoms. The first kappa shape index (κ1) is 37.7. The molecule has 3 aliphatic rings. The molecule has 44 heavy (non-hydrogen) atoms. The summed E-state index contributed by atoms with van der Waals surface area (Å²) in [6, 6.07) is 0. The smallest absolute Gasteiger partial charge is 0.394 e. The van der Waals surface area contributed by atoms with E-state index in [-0.39, 0.29) is 6.61 Å². The van der Waals surface area contributed by atoms with Gasteiger partial charge in [0, 0.05) is 18.4 Å². The van der Waals surface area contributed by atoms with Crippen molar-refractivity contribution >= 4 is 20.8 Å². The number of rotatable bonds is 13. The highest BCUT2D eigenvalue weighted by atomic mass is 32.3. The van der Waals surface area contributed by atoms with Gasteiger partial charge in [0.25, 0.3) is 0 Å². The second-order valence-electron chi connectivity index (χ2n) is 10.5. The maximum atomic E-state index is 11.7. The zero-order valence-electron chi connectivity index (χ0n) is 23.8. The lowest BCUT2D eigenvalue weighted by Crippen LogP contribution is -2.61. The van der Waals surface area contributed by atoms with Crippen molar-refractivity contribution in [1.29, 1.82) is 0 Å². The van der Waals surface area contributed by atoms with Crippen LogP contribution in [0.4, 0.5) is 0 Å². The Morgan fingerprint density at radius 2 is 1.09 bits per heavy atom. The summed E-state index contributed by atoms with van der Waals surface area (Å²) in [7, 11) is -10.3. The van der Waals surface area contributed by atoms with E-state index in [0.717, 1.165) is 0 Å². The molecule has 0 aromatic heterocycles. The first-order valence-corrected chi connectivity index (χ1v) is 16.2. The second kappa shape index (κ2) is 15.4. The van der Waals surface area contributed by atoms with Crippen LogP contribution in [0, 0.1) is 11.8 Å². The summed E-state index contributed by atoms with van der Waals surface area (Å²) in [5, 5.41) is 62.4. The highest BCUT2D eigenvalue weighted by Gasteiger charge is 2.51. The summed E-state index contributed by atoms with van der Waals surface area (Å²) in [5.74, 6) is -2.38. The molecule has 3 rings (SSSR count). The lowest BCUT2D eigenvalue weighted by atomic mass is 9.89. The van der Waals surface area contributed by atoms with E-state index in [1.807, 2.05) is 0 Å². The minimum Gasteiger partial charge on any atom is -0.394 e. The van der Waals surface area contributed by atoms with Crippen LogP contribution in [-0.4, -0.2) is 163 Å². The first-order chi connectivity index (χ1) is 20.4. The average molecular weight is 689 g/mol. The van der Waals surface area contributed by atoms with Crippen LogP contribution in [0.5, 0.6) is 0 Å². The molecular formula is C22H40O20S2. The first-order valence-electron chi connectivity index (χ1n) is 13.5. The van der Waals surface area contributed by atoms with Crippen LogP contribution >= 0.6 is 0 Å². The second-order valence-corrected chi connectivity index (χ2v) is 12.6. The largest absolute Gasteiger partial charge is 0.397 e. The van der Waals surface area contributed by atoms with E-state index in [9.17, 15) is 52.0 Å². The number of aliphatic hydroxyl groups excluding tert-OH is 6. The van der Waals surface area contributed by atoms with Crippen LogP contribution in [0.2, 0.25) is 0 Å². The fourth-order valence-electron chi connectivity index (χ4n) is 5.17. The van der Waals surface area contributed by atoms with Crippen molar-refractivity contribution in [2.75, 3.05) is 26.4 Å². The minimum absolute atomic E-state index is 0.125. The fraction of sp³-hybridized carbons (Fsp3) is 1.00. The molecular weight excluding hydrogens is 648 g/mol. The van der Waals surface area contributed by atoms with Crippen molar-refractivity contribution in [2.45, 2.75) is 101 Å². The van der Waals surface area contributed by atoms with Crippen LogP contribution in [0.15, 0.2) is 0 Å². The molecule has 0 spiro atoms. The topological polar surface area (TPSA) is 304 Å². The van der Waals surface area contributed by atoms with E-state index in [0.29, 0.717) is 0 Å². The molecule has 8 N–H and O–H groups in total. The molecule has 0 bridgehead atoms. The van der Waals surface area contributed by atoms with E-state index in [1.54, 1.807) is 6.92 Å². The summed E-state index contributed by atoms with van der Waals surface area (Å²) in [4.78, 5) is 0. The predicted octanol–water partition coefficient (Wildman–Crippen LogP) is -4.32. The van der Waals surface area contributed by atoms with E-state index in [1.165, 1.54) is 13.8 Å². The molecule has 9 unspecified atom stereocenters. The standard InChI is InChI=1S/C22H40O20S2/c1-4-35-20-15(26)11(14(25)12(5-23)40-20)7-37-21-16(27)18(41-43(29,30)31)10(8(2)38-21)6-36-22-17(28)19(42-44(32,33)34)13(24)9(3)39-22/h8-28H,4-7H2,1-3H3,(H,29,30,31)(H,32,33,34)/t8?,9?,10-,11?,12?,13-,14+,15?,16?,17?,18?,19?,20+,21+,22+/m0/s1. The minimum atomic E-state index is -5.21. The van der Waals surface area contributed by atoms with Crippen molar-refractivity contribution in [3.8, 4) is 0 Å². The Kier molecular flexibility index (Phi) is 13.2. The lowest BCUT2D eigenvalue weighted by Gasteiger charge is -2.45. The summed E-state index contributed by atoms with van der Waals surface area (Å²) in [5.41, 5.74) is 0. The lowest BCUT2D eigenvalue weighted by molar-refractivity contribution is -0.323. The fourth-order valence-corrected chi connectivity index (χ4v) is 6.21. The SMILES string of the molecule is CCO[C@@H]1OC(CO)[C@H](O)C(CO[C@@H]2OC(C)[C@H](CO[C@@H]3OC(C)[C@H](O)C(OS(=O)(=O)O)C3O)C(OS(=O)(=O)O)C2O)C1O. The Hall–Kier alpha value is -0.740. The molecule has 0 aromatic carbocycles. The number of hydrogen-bond acceptors (Lipinski definition) is 18. The van der Waals surface area contributed by atoms with E-state index < -0.39 is 132 Å². The summed E-state index contributed by atoms with van der Waals surface area (Å²) < 4.78 is 106. The van der Waals surface area contributed by atoms with Crippen molar-refractivity contribution in [2.24, 2.45) is 11.8 Å². The predicted molar refractivity (Wildman–Crippen MR) is 138 cm³/mol. The third kappa shape index (κ3) is 9.42. The molecule has 3 fully saturated rings. The Morgan fingerprint density at radius 3 is 1.61 bits per heavy atom. The normalized spacial score (nSPS) is 44.0. The van der Waals surface area contributed by atoms with Gasteiger partial charge in [-0.2, -0.15) is 16.8 Å². The zero-order valence-corrected chi connectivity index (χ0v) is 25.4. The maximum absolute atomic E-state index is 11.7. The number of aliphatic hydroxyl groups is 6. The molecule has 260 valence electrons. The van der Waals surface area contributed by atoms with Gasteiger partial charge in [0.2, 0.25) is 0 Å². The molecule has 3 heterocycles. The van der Waals surface area contributed by atoms with Gasteiger partial charge in [-0.05, 0) is 20.8 Å². The third-order valence-electron chi connectivity index (χ3n) is 7.50. The Balaban J connectivity index is 1.74. The highest BCUT2D eigenvalue weighted by molar-refractivity contribution is 7.81. The van der Waals surface area contributed by atoms with Gasteiger partial charge in [0.15, 0.2) is 18.9 Å². The quantitative estimate of drug-likeness (QED) is 0.0848. The van der Waals surface area contributed by atoms with Crippen molar-refractivity contribution in [3.05, 3.63) is 0 Å². The van der Waals surface area contributed by atoms with Crippen LogP contribution in [0.3, 0.4) is 0 Å². The average Bonchev–Trinajstić information content (AvgIpc) is 2.91. The van der Waals surface area contributed by atoms with Crippen LogP contribution < -0.4 is 0 Å². The van der Waals surface area contributed by atoms with E-state index >= 15 is 0 Å². The summed E-state index contributed by atoms with van der Waals surface area (Å²) in [6.07, 6.45) is -20.3. The van der Waals surface area contributed by atoms with Crippen molar-refractivity contribution in [1.82, 2.24) is 0 Å². The van der Waals surface area contributed by atoms with Crippen LogP contribution in [0.1, 0.15) is 20.8 Å². The van der Waals surface area contributed by atoms with Gasteiger partial charge >= 0.3 is 20.8 Å². The van der Waals surface area contributed by atoms with Gasteiger partial charge in [-0.1, -0.05) is 0 Å². The molecule has 0 saturated carbocycles. The summed E-state index contributed by atoms with van der Waals surface area (Å²) in [6.45, 7) is 2.65. The molecule has 3 saturated heterocycles.